The zero-order valence-corrected chi connectivity index (χ0v) is 12.3. The molecule has 0 aromatic carbocycles. The number of aryl methyl sites for hydroxylation is 1. The molecule has 0 aliphatic rings. The Labute approximate surface area is 109 Å². The molecule has 0 saturated carbocycles. The number of thioether (sulfide) groups is 1. The van der Waals surface area contributed by atoms with Crippen LogP contribution in [0, 0.1) is 3.57 Å². The Morgan fingerprint density at radius 3 is 2.60 bits per heavy atom. The molecule has 3 nitrogen and oxygen atoms in total. The van der Waals surface area contributed by atoms with Gasteiger partial charge in [-0.2, -0.15) is 11.8 Å². The number of hydrogen-bond acceptors (Lipinski definition) is 4. The van der Waals surface area contributed by atoms with Crippen molar-refractivity contribution in [3.63, 3.8) is 0 Å². The summed E-state index contributed by atoms with van der Waals surface area (Å²) in [6.45, 7) is 5.11. The van der Waals surface area contributed by atoms with Gasteiger partial charge in [0.05, 0.1) is 15.0 Å². The van der Waals surface area contributed by atoms with E-state index in [1.807, 2.05) is 0 Å². The van der Waals surface area contributed by atoms with E-state index in [1.165, 1.54) is 0 Å². The SMILES string of the molecule is CCNc1nc(CSC)nc(CC)c1I. The summed E-state index contributed by atoms with van der Waals surface area (Å²) < 4.78 is 1.15. The fourth-order valence-electron chi connectivity index (χ4n) is 1.26. The van der Waals surface area contributed by atoms with E-state index in [0.29, 0.717) is 0 Å². The summed E-state index contributed by atoms with van der Waals surface area (Å²) >= 11 is 4.07. The Morgan fingerprint density at radius 2 is 2.07 bits per heavy atom. The van der Waals surface area contributed by atoms with E-state index in [4.69, 9.17) is 0 Å². The van der Waals surface area contributed by atoms with Gasteiger partial charge in [-0.05, 0) is 42.2 Å². The number of aromatic nitrogens is 2. The minimum absolute atomic E-state index is 0.877. The molecule has 0 aliphatic heterocycles. The van der Waals surface area contributed by atoms with Crippen LogP contribution in [0.25, 0.3) is 0 Å². The molecule has 0 spiro atoms. The van der Waals surface area contributed by atoms with E-state index in [1.54, 1.807) is 11.8 Å². The molecule has 5 heteroatoms. The highest BCUT2D eigenvalue weighted by Crippen LogP contribution is 2.20. The van der Waals surface area contributed by atoms with Gasteiger partial charge in [0.15, 0.2) is 0 Å². The van der Waals surface area contributed by atoms with E-state index in [-0.39, 0.29) is 0 Å². The number of anilines is 1. The molecule has 0 aliphatic carbocycles. The third kappa shape index (κ3) is 3.48. The Bertz CT molecular complexity index is 331. The zero-order chi connectivity index (χ0) is 11.3. The summed E-state index contributed by atoms with van der Waals surface area (Å²) in [6.07, 6.45) is 3.03. The molecule has 0 atom stereocenters. The largest absolute Gasteiger partial charge is 0.369 e. The molecular formula is C10H16IN3S. The first-order valence-electron chi connectivity index (χ1n) is 5.01. The van der Waals surface area contributed by atoms with Crippen LogP contribution in [0.15, 0.2) is 0 Å². The monoisotopic (exact) mass is 337 g/mol. The van der Waals surface area contributed by atoms with Crippen LogP contribution in [-0.4, -0.2) is 22.8 Å². The molecule has 1 N–H and O–H groups in total. The first kappa shape index (κ1) is 13.0. The second kappa shape index (κ2) is 6.52. The molecule has 1 heterocycles. The third-order valence-electron chi connectivity index (χ3n) is 1.92. The van der Waals surface area contributed by atoms with Gasteiger partial charge in [0, 0.05) is 6.54 Å². The molecule has 15 heavy (non-hydrogen) atoms. The Balaban J connectivity index is 3.07. The summed E-state index contributed by atoms with van der Waals surface area (Å²) in [4.78, 5) is 9.05. The van der Waals surface area contributed by atoms with Crippen LogP contribution in [0.1, 0.15) is 25.4 Å². The number of nitrogens with zero attached hydrogens (tertiary/aromatic N) is 2. The van der Waals surface area contributed by atoms with Crippen LogP contribution < -0.4 is 5.32 Å². The molecule has 1 rings (SSSR count). The summed E-state index contributed by atoms with van der Waals surface area (Å²) in [5.74, 6) is 2.78. The lowest BCUT2D eigenvalue weighted by Crippen LogP contribution is -2.08. The topological polar surface area (TPSA) is 37.8 Å². The van der Waals surface area contributed by atoms with Crippen molar-refractivity contribution in [3.8, 4) is 0 Å². The Morgan fingerprint density at radius 1 is 1.33 bits per heavy atom. The molecule has 1 aromatic rings. The molecule has 0 radical (unpaired) electrons. The third-order valence-corrected chi connectivity index (χ3v) is 3.60. The Kier molecular flexibility index (Phi) is 5.66. The first-order chi connectivity index (χ1) is 7.22. The van der Waals surface area contributed by atoms with Gasteiger partial charge in [0.1, 0.15) is 11.6 Å². The molecule has 0 unspecified atom stereocenters. The van der Waals surface area contributed by atoms with Crippen molar-refractivity contribution in [2.75, 3.05) is 18.1 Å². The number of rotatable bonds is 5. The van der Waals surface area contributed by atoms with Crippen molar-refractivity contribution >= 4 is 40.2 Å². The molecule has 84 valence electrons. The van der Waals surface area contributed by atoms with Crippen molar-refractivity contribution in [2.45, 2.75) is 26.0 Å². The Hall–Kier alpha value is -0.0400. The average molecular weight is 337 g/mol. The maximum atomic E-state index is 4.54. The van der Waals surface area contributed by atoms with Crippen molar-refractivity contribution in [3.05, 3.63) is 15.1 Å². The lowest BCUT2D eigenvalue weighted by atomic mass is 10.3. The fraction of sp³-hybridized carbons (Fsp3) is 0.600. The smallest absolute Gasteiger partial charge is 0.143 e. The zero-order valence-electron chi connectivity index (χ0n) is 9.30. The maximum absolute atomic E-state index is 4.54. The van der Waals surface area contributed by atoms with E-state index >= 15 is 0 Å². The van der Waals surface area contributed by atoms with Crippen molar-refractivity contribution in [1.82, 2.24) is 9.97 Å². The number of halogens is 1. The van der Waals surface area contributed by atoms with Crippen molar-refractivity contribution in [2.24, 2.45) is 0 Å². The van der Waals surface area contributed by atoms with Gasteiger partial charge in [-0.15, -0.1) is 0 Å². The van der Waals surface area contributed by atoms with Gasteiger partial charge in [0.2, 0.25) is 0 Å². The van der Waals surface area contributed by atoms with Crippen LogP contribution in [0.2, 0.25) is 0 Å². The van der Waals surface area contributed by atoms with Gasteiger partial charge in [-0.3, -0.25) is 0 Å². The molecule has 0 saturated heterocycles. The second-order valence-corrected chi connectivity index (χ2v) is 5.01. The standard InChI is InChI=1S/C10H16IN3S/c1-4-7-9(11)10(12-5-2)14-8(13-7)6-15-3/h4-6H2,1-3H3,(H,12,13,14). The lowest BCUT2D eigenvalue weighted by molar-refractivity contribution is 0.924. The minimum Gasteiger partial charge on any atom is -0.369 e. The summed E-state index contributed by atoms with van der Waals surface area (Å²) in [5.41, 5.74) is 1.14. The van der Waals surface area contributed by atoms with Gasteiger partial charge >= 0.3 is 0 Å². The van der Waals surface area contributed by atoms with E-state index < -0.39 is 0 Å². The van der Waals surface area contributed by atoms with E-state index in [9.17, 15) is 0 Å². The average Bonchev–Trinajstić information content (AvgIpc) is 2.23. The predicted octanol–water partition coefficient (Wildman–Crippen LogP) is 2.94. The summed E-state index contributed by atoms with van der Waals surface area (Å²) in [6, 6.07) is 0. The first-order valence-corrected chi connectivity index (χ1v) is 7.48. The van der Waals surface area contributed by atoms with E-state index in [0.717, 1.165) is 39.6 Å². The van der Waals surface area contributed by atoms with Gasteiger partial charge in [-0.1, -0.05) is 6.92 Å². The van der Waals surface area contributed by atoms with Crippen LogP contribution in [-0.2, 0) is 12.2 Å². The highest BCUT2D eigenvalue weighted by Gasteiger charge is 2.09. The van der Waals surface area contributed by atoms with E-state index in [2.05, 4.69) is 58.0 Å². The quantitative estimate of drug-likeness (QED) is 0.839. The van der Waals surface area contributed by atoms with Crippen LogP contribution in [0.5, 0.6) is 0 Å². The van der Waals surface area contributed by atoms with Crippen LogP contribution in [0.3, 0.4) is 0 Å². The van der Waals surface area contributed by atoms with Crippen LogP contribution in [0.4, 0.5) is 5.82 Å². The summed E-state index contributed by atoms with van der Waals surface area (Å²) in [5, 5.41) is 3.28. The minimum atomic E-state index is 0.877. The fourth-order valence-corrected chi connectivity index (χ4v) is 2.46. The number of nitrogens with one attached hydrogen (secondary N) is 1. The number of hydrogen-bond donors (Lipinski definition) is 1. The highest BCUT2D eigenvalue weighted by molar-refractivity contribution is 14.1. The molecule has 0 fully saturated rings. The molecular weight excluding hydrogens is 321 g/mol. The van der Waals surface area contributed by atoms with Crippen molar-refractivity contribution < 1.29 is 0 Å². The lowest BCUT2D eigenvalue weighted by Gasteiger charge is -2.10. The predicted molar refractivity (Wildman–Crippen MR) is 75.5 cm³/mol. The summed E-state index contributed by atoms with van der Waals surface area (Å²) in [7, 11) is 0. The van der Waals surface area contributed by atoms with Crippen LogP contribution >= 0.6 is 34.4 Å². The molecule has 0 amide bonds. The molecule has 1 aromatic heterocycles. The maximum Gasteiger partial charge on any atom is 0.143 e. The van der Waals surface area contributed by atoms with Crippen molar-refractivity contribution in [1.29, 1.82) is 0 Å². The second-order valence-electron chi connectivity index (χ2n) is 3.07. The molecule has 0 bridgehead atoms. The van der Waals surface area contributed by atoms with Gasteiger partial charge in [-0.25, -0.2) is 9.97 Å². The highest BCUT2D eigenvalue weighted by atomic mass is 127. The van der Waals surface area contributed by atoms with Gasteiger partial charge < -0.3 is 5.32 Å². The normalized spacial score (nSPS) is 10.4. The van der Waals surface area contributed by atoms with Gasteiger partial charge in [0.25, 0.3) is 0 Å².